The molecule has 9 heteroatoms. The highest BCUT2D eigenvalue weighted by Crippen LogP contribution is 2.39. The van der Waals surface area contributed by atoms with Gasteiger partial charge in [-0.05, 0) is 36.2 Å². The number of carbonyl (C=O) groups excluding carboxylic acids is 3. The van der Waals surface area contributed by atoms with E-state index in [9.17, 15) is 23.2 Å². The number of nitrogens with one attached hydrogen (secondary N) is 1. The molecule has 0 aliphatic carbocycles. The van der Waals surface area contributed by atoms with E-state index in [-0.39, 0.29) is 55.5 Å². The minimum Gasteiger partial charge on any atom is -0.354 e. The van der Waals surface area contributed by atoms with Crippen LogP contribution in [-0.4, -0.2) is 65.5 Å². The summed E-state index contributed by atoms with van der Waals surface area (Å²) in [4.78, 5) is 42.4. The van der Waals surface area contributed by atoms with E-state index in [1.165, 1.54) is 46.2 Å². The number of hydrogen-bond acceptors (Lipinski definition) is 4. The van der Waals surface area contributed by atoms with E-state index < -0.39 is 35.2 Å². The summed E-state index contributed by atoms with van der Waals surface area (Å²) in [6.07, 6.45) is 0.477. The predicted molar refractivity (Wildman–Crippen MR) is 124 cm³/mol. The Labute approximate surface area is 203 Å². The molecule has 2 aliphatic rings. The minimum absolute atomic E-state index is 0.00769. The van der Waals surface area contributed by atoms with Gasteiger partial charge in [0.25, 0.3) is 11.8 Å². The molecule has 2 heterocycles. The molecule has 7 nitrogen and oxygen atoms in total. The number of hydrogen-bond donors (Lipinski definition) is 1. The SMILES string of the molecule is CC(C)CNC(=O)C1COC2(CCN(C(=O)c3ccccc3F)CC2)N1C(=O)c1cccc(F)c1. The number of halogens is 2. The first-order valence-corrected chi connectivity index (χ1v) is 11.8. The molecule has 1 spiro atoms. The molecule has 1 unspecified atom stereocenters. The molecule has 0 bridgehead atoms. The van der Waals surface area contributed by atoms with Gasteiger partial charge in [0.1, 0.15) is 23.4 Å². The average molecular weight is 486 g/mol. The number of benzene rings is 2. The standard InChI is InChI=1S/C26H29F2N3O4/c1-17(2)15-29-23(32)22-16-35-26(31(22)24(33)18-6-5-7-19(27)14-18)10-12-30(13-11-26)25(34)20-8-3-4-9-21(20)28/h3-9,14,17,22H,10-13,15-16H2,1-2H3,(H,29,32). The number of likely N-dealkylation sites (tertiary alicyclic amines) is 1. The highest BCUT2D eigenvalue weighted by molar-refractivity contribution is 5.98. The van der Waals surface area contributed by atoms with E-state index in [0.29, 0.717) is 6.54 Å². The summed E-state index contributed by atoms with van der Waals surface area (Å²) in [5.74, 6) is -2.23. The van der Waals surface area contributed by atoms with Crippen LogP contribution in [-0.2, 0) is 9.53 Å². The van der Waals surface area contributed by atoms with Crippen LogP contribution < -0.4 is 5.32 Å². The Bertz CT molecular complexity index is 1120. The lowest BCUT2D eigenvalue weighted by Gasteiger charge is -2.44. The molecular weight excluding hydrogens is 456 g/mol. The van der Waals surface area contributed by atoms with Crippen molar-refractivity contribution in [1.82, 2.24) is 15.1 Å². The van der Waals surface area contributed by atoms with Gasteiger partial charge in [-0.25, -0.2) is 8.78 Å². The minimum atomic E-state index is -1.13. The summed E-state index contributed by atoms with van der Waals surface area (Å²) in [5.41, 5.74) is -1.04. The molecule has 0 aromatic heterocycles. The Morgan fingerprint density at radius 2 is 1.77 bits per heavy atom. The molecule has 2 aliphatic heterocycles. The van der Waals surface area contributed by atoms with Crippen LogP contribution in [0.25, 0.3) is 0 Å². The van der Waals surface area contributed by atoms with Crippen molar-refractivity contribution in [2.75, 3.05) is 26.2 Å². The van der Waals surface area contributed by atoms with Crippen LogP contribution in [0.2, 0.25) is 0 Å². The molecule has 1 N–H and O–H groups in total. The fourth-order valence-corrected chi connectivity index (χ4v) is 4.61. The maximum absolute atomic E-state index is 14.1. The van der Waals surface area contributed by atoms with Crippen molar-refractivity contribution in [2.24, 2.45) is 5.92 Å². The molecule has 0 saturated carbocycles. The zero-order chi connectivity index (χ0) is 25.2. The third-order valence-electron chi connectivity index (χ3n) is 6.47. The largest absolute Gasteiger partial charge is 0.354 e. The second-order valence-corrected chi connectivity index (χ2v) is 9.37. The molecule has 2 saturated heterocycles. The molecule has 3 amide bonds. The lowest BCUT2D eigenvalue weighted by atomic mass is 9.96. The van der Waals surface area contributed by atoms with Gasteiger partial charge in [0.15, 0.2) is 0 Å². The molecule has 1 atom stereocenters. The first kappa shape index (κ1) is 24.8. The molecule has 2 fully saturated rings. The van der Waals surface area contributed by atoms with Crippen molar-refractivity contribution in [3.8, 4) is 0 Å². The van der Waals surface area contributed by atoms with Gasteiger partial charge in [0, 0.05) is 38.0 Å². The van der Waals surface area contributed by atoms with Gasteiger partial charge in [0.2, 0.25) is 5.91 Å². The second kappa shape index (κ2) is 10.1. The van der Waals surface area contributed by atoms with E-state index in [1.54, 1.807) is 6.07 Å². The topological polar surface area (TPSA) is 79.0 Å². The highest BCUT2D eigenvalue weighted by Gasteiger charge is 2.54. The first-order valence-electron chi connectivity index (χ1n) is 11.8. The van der Waals surface area contributed by atoms with E-state index in [1.807, 2.05) is 13.8 Å². The zero-order valence-electron chi connectivity index (χ0n) is 19.8. The molecule has 0 radical (unpaired) electrons. The summed E-state index contributed by atoms with van der Waals surface area (Å²) in [6, 6.07) is 10.2. The zero-order valence-corrected chi connectivity index (χ0v) is 19.8. The summed E-state index contributed by atoms with van der Waals surface area (Å²) < 4.78 is 34.1. The number of rotatable bonds is 5. The Balaban J connectivity index is 1.58. The van der Waals surface area contributed by atoms with Gasteiger partial charge < -0.3 is 15.0 Å². The fraction of sp³-hybridized carbons (Fsp3) is 0.423. The molecule has 2 aromatic rings. The lowest BCUT2D eigenvalue weighted by Crippen LogP contribution is -2.60. The summed E-state index contributed by atoms with van der Waals surface area (Å²) in [5, 5.41) is 2.86. The molecular formula is C26H29F2N3O4. The van der Waals surface area contributed by atoms with E-state index in [2.05, 4.69) is 5.32 Å². The molecule has 2 aromatic carbocycles. The number of nitrogens with zero attached hydrogens (tertiary/aromatic N) is 2. The highest BCUT2D eigenvalue weighted by atomic mass is 19.1. The van der Waals surface area contributed by atoms with Crippen molar-refractivity contribution in [2.45, 2.75) is 38.5 Å². The monoisotopic (exact) mass is 485 g/mol. The quantitative estimate of drug-likeness (QED) is 0.706. The lowest BCUT2D eigenvalue weighted by molar-refractivity contribution is -0.128. The molecule has 186 valence electrons. The number of piperidine rings is 1. The van der Waals surface area contributed by atoms with Gasteiger partial charge in [-0.15, -0.1) is 0 Å². The van der Waals surface area contributed by atoms with Crippen LogP contribution in [0, 0.1) is 17.6 Å². The average Bonchev–Trinajstić information content (AvgIpc) is 3.21. The van der Waals surface area contributed by atoms with Crippen LogP contribution in [0.15, 0.2) is 48.5 Å². The summed E-state index contributed by atoms with van der Waals surface area (Å²) in [7, 11) is 0. The third-order valence-corrected chi connectivity index (χ3v) is 6.47. The maximum Gasteiger partial charge on any atom is 0.256 e. The van der Waals surface area contributed by atoms with Crippen LogP contribution in [0.5, 0.6) is 0 Å². The van der Waals surface area contributed by atoms with Gasteiger partial charge in [-0.3, -0.25) is 19.3 Å². The molecule has 35 heavy (non-hydrogen) atoms. The van der Waals surface area contributed by atoms with Crippen molar-refractivity contribution in [3.05, 3.63) is 71.3 Å². The fourth-order valence-electron chi connectivity index (χ4n) is 4.61. The van der Waals surface area contributed by atoms with Crippen LogP contribution in [0.3, 0.4) is 0 Å². The second-order valence-electron chi connectivity index (χ2n) is 9.37. The van der Waals surface area contributed by atoms with E-state index in [0.717, 1.165) is 6.07 Å². The van der Waals surface area contributed by atoms with Gasteiger partial charge in [-0.2, -0.15) is 0 Å². The van der Waals surface area contributed by atoms with Gasteiger partial charge in [0.05, 0.1) is 12.2 Å². The number of carbonyl (C=O) groups is 3. The van der Waals surface area contributed by atoms with E-state index >= 15 is 0 Å². The Morgan fingerprint density at radius 3 is 2.43 bits per heavy atom. The number of ether oxygens (including phenoxy) is 1. The van der Waals surface area contributed by atoms with Gasteiger partial charge >= 0.3 is 0 Å². The summed E-state index contributed by atoms with van der Waals surface area (Å²) in [6.45, 7) is 4.78. The smallest absolute Gasteiger partial charge is 0.256 e. The first-order chi connectivity index (χ1) is 16.7. The van der Waals surface area contributed by atoms with Crippen molar-refractivity contribution in [1.29, 1.82) is 0 Å². The normalized spacial score (nSPS) is 19.3. The van der Waals surface area contributed by atoms with Gasteiger partial charge in [-0.1, -0.05) is 32.0 Å². The Kier molecular flexibility index (Phi) is 7.16. The number of amides is 3. The summed E-state index contributed by atoms with van der Waals surface area (Å²) >= 11 is 0. The van der Waals surface area contributed by atoms with Crippen LogP contribution in [0.4, 0.5) is 8.78 Å². The van der Waals surface area contributed by atoms with Crippen molar-refractivity contribution in [3.63, 3.8) is 0 Å². The van der Waals surface area contributed by atoms with Crippen molar-refractivity contribution < 1.29 is 27.9 Å². The van der Waals surface area contributed by atoms with Crippen molar-refractivity contribution >= 4 is 17.7 Å². The third kappa shape index (κ3) is 5.05. The van der Waals surface area contributed by atoms with Crippen LogP contribution >= 0.6 is 0 Å². The van der Waals surface area contributed by atoms with E-state index in [4.69, 9.17) is 4.74 Å². The Hall–Kier alpha value is -3.33. The maximum atomic E-state index is 14.1. The predicted octanol–water partition coefficient (Wildman–Crippen LogP) is 3.21. The Morgan fingerprint density at radius 1 is 1.06 bits per heavy atom. The molecule has 4 rings (SSSR count). The van der Waals surface area contributed by atoms with Crippen LogP contribution in [0.1, 0.15) is 47.4 Å².